The molecule has 0 bridgehead atoms. The van der Waals surface area contributed by atoms with Crippen LogP contribution in [0, 0.1) is 5.92 Å². The minimum Gasteiger partial charge on any atom is -0.395 e. The van der Waals surface area contributed by atoms with Gasteiger partial charge in [0.25, 0.3) is 0 Å². The number of aliphatic hydroxyl groups excluding tert-OH is 1. The van der Waals surface area contributed by atoms with Crippen molar-refractivity contribution in [3.8, 4) is 0 Å². The molecule has 0 spiro atoms. The molecule has 0 saturated heterocycles. The maximum atomic E-state index is 9.09. The Morgan fingerprint density at radius 3 is 2.53 bits per heavy atom. The highest BCUT2D eigenvalue weighted by Crippen LogP contribution is 2.28. The van der Waals surface area contributed by atoms with Gasteiger partial charge >= 0.3 is 0 Å². The van der Waals surface area contributed by atoms with Crippen LogP contribution in [-0.2, 0) is 0 Å². The van der Waals surface area contributed by atoms with Crippen molar-refractivity contribution in [1.82, 2.24) is 5.32 Å². The molecule has 1 rings (SSSR count). The summed E-state index contributed by atoms with van der Waals surface area (Å²) in [7, 11) is 0. The van der Waals surface area contributed by atoms with E-state index in [-0.39, 0.29) is 6.61 Å². The molecule has 1 aliphatic carbocycles. The molecule has 1 aliphatic rings. The lowest BCUT2D eigenvalue weighted by atomic mass is 9.99. The van der Waals surface area contributed by atoms with Crippen LogP contribution in [0.2, 0.25) is 0 Å². The van der Waals surface area contributed by atoms with Crippen molar-refractivity contribution in [2.24, 2.45) is 5.92 Å². The van der Waals surface area contributed by atoms with Crippen LogP contribution in [0.4, 0.5) is 0 Å². The fourth-order valence-corrected chi connectivity index (χ4v) is 2.57. The molecule has 1 saturated carbocycles. The number of aliphatic hydroxyl groups is 1. The summed E-state index contributed by atoms with van der Waals surface area (Å²) < 4.78 is 0. The second-order valence-corrected chi connectivity index (χ2v) is 5.08. The first-order chi connectivity index (χ1) is 7.26. The molecule has 2 unspecified atom stereocenters. The lowest BCUT2D eigenvalue weighted by molar-refractivity contribution is 0.225. The van der Waals surface area contributed by atoms with E-state index in [2.05, 4.69) is 19.2 Å². The Morgan fingerprint density at radius 1 is 1.33 bits per heavy atom. The third-order valence-electron chi connectivity index (χ3n) is 3.72. The standard InChI is InChI=1S/C13H27NO/c1-3-13(10-15)14-11(2)8-9-12-6-4-5-7-12/h11-15H,3-10H2,1-2H3. The Labute approximate surface area is 94.5 Å². The molecule has 1 fully saturated rings. The van der Waals surface area contributed by atoms with Gasteiger partial charge < -0.3 is 10.4 Å². The molecule has 90 valence electrons. The Morgan fingerprint density at radius 2 is 2.00 bits per heavy atom. The molecule has 2 heteroatoms. The van der Waals surface area contributed by atoms with Gasteiger partial charge in [0.1, 0.15) is 0 Å². The highest BCUT2D eigenvalue weighted by Gasteiger charge is 2.16. The smallest absolute Gasteiger partial charge is 0.0584 e. The van der Waals surface area contributed by atoms with Crippen molar-refractivity contribution < 1.29 is 5.11 Å². The first-order valence-electron chi connectivity index (χ1n) is 6.63. The van der Waals surface area contributed by atoms with Crippen LogP contribution in [0.5, 0.6) is 0 Å². The van der Waals surface area contributed by atoms with E-state index in [1.54, 1.807) is 0 Å². The van der Waals surface area contributed by atoms with E-state index in [4.69, 9.17) is 5.11 Å². The monoisotopic (exact) mass is 213 g/mol. The summed E-state index contributed by atoms with van der Waals surface area (Å²) in [6.45, 7) is 4.63. The lowest BCUT2D eigenvalue weighted by Gasteiger charge is -2.21. The second-order valence-electron chi connectivity index (χ2n) is 5.08. The van der Waals surface area contributed by atoms with Crippen LogP contribution in [-0.4, -0.2) is 23.8 Å². The van der Waals surface area contributed by atoms with Gasteiger partial charge in [0, 0.05) is 12.1 Å². The zero-order valence-electron chi connectivity index (χ0n) is 10.3. The van der Waals surface area contributed by atoms with Crippen molar-refractivity contribution in [2.75, 3.05) is 6.61 Å². The van der Waals surface area contributed by atoms with Gasteiger partial charge in [0.05, 0.1) is 6.61 Å². The maximum Gasteiger partial charge on any atom is 0.0584 e. The summed E-state index contributed by atoms with van der Waals surface area (Å²) in [5, 5.41) is 12.6. The zero-order valence-corrected chi connectivity index (χ0v) is 10.3. The van der Waals surface area contributed by atoms with Crippen molar-refractivity contribution in [1.29, 1.82) is 0 Å². The van der Waals surface area contributed by atoms with E-state index in [0.29, 0.717) is 12.1 Å². The Kier molecular flexibility index (Phi) is 6.26. The van der Waals surface area contributed by atoms with Crippen molar-refractivity contribution in [3.05, 3.63) is 0 Å². The molecule has 2 atom stereocenters. The Balaban J connectivity index is 2.08. The Bertz CT molecular complexity index is 151. The van der Waals surface area contributed by atoms with Gasteiger partial charge in [-0.2, -0.15) is 0 Å². The first-order valence-corrected chi connectivity index (χ1v) is 6.63. The van der Waals surface area contributed by atoms with Gasteiger partial charge in [-0.05, 0) is 32.1 Å². The maximum absolute atomic E-state index is 9.09. The molecule has 0 aliphatic heterocycles. The summed E-state index contributed by atoms with van der Waals surface area (Å²) in [4.78, 5) is 0. The number of rotatable bonds is 7. The van der Waals surface area contributed by atoms with Crippen LogP contribution >= 0.6 is 0 Å². The number of nitrogens with one attached hydrogen (secondary N) is 1. The quantitative estimate of drug-likeness (QED) is 0.681. The highest BCUT2D eigenvalue weighted by atomic mass is 16.3. The second kappa shape index (κ2) is 7.24. The molecule has 2 nitrogen and oxygen atoms in total. The number of hydrogen-bond acceptors (Lipinski definition) is 2. The van der Waals surface area contributed by atoms with E-state index in [0.717, 1.165) is 12.3 Å². The predicted molar refractivity (Wildman–Crippen MR) is 65.0 cm³/mol. The van der Waals surface area contributed by atoms with Crippen LogP contribution in [0.1, 0.15) is 58.8 Å². The van der Waals surface area contributed by atoms with Crippen LogP contribution < -0.4 is 5.32 Å². The average Bonchev–Trinajstić information content (AvgIpc) is 2.75. The highest BCUT2D eigenvalue weighted by molar-refractivity contribution is 4.73. The molecule has 15 heavy (non-hydrogen) atoms. The molecule has 2 N–H and O–H groups in total. The minimum absolute atomic E-state index is 0.268. The third-order valence-corrected chi connectivity index (χ3v) is 3.72. The molecule has 0 aromatic rings. The zero-order chi connectivity index (χ0) is 11.1. The topological polar surface area (TPSA) is 32.3 Å². The summed E-state index contributed by atoms with van der Waals surface area (Å²) in [6.07, 6.45) is 9.44. The summed E-state index contributed by atoms with van der Waals surface area (Å²) >= 11 is 0. The SMILES string of the molecule is CCC(CO)NC(C)CCC1CCCC1. The molecule has 0 radical (unpaired) electrons. The molecule has 0 amide bonds. The molecular weight excluding hydrogens is 186 g/mol. The Hall–Kier alpha value is -0.0800. The van der Waals surface area contributed by atoms with Gasteiger partial charge in [0.15, 0.2) is 0 Å². The van der Waals surface area contributed by atoms with Gasteiger partial charge in [0.2, 0.25) is 0 Å². The normalized spacial score (nSPS) is 21.8. The van der Waals surface area contributed by atoms with E-state index in [1.165, 1.54) is 38.5 Å². The van der Waals surface area contributed by atoms with Gasteiger partial charge in [-0.1, -0.05) is 32.6 Å². The molecule has 0 aromatic carbocycles. The fourth-order valence-electron chi connectivity index (χ4n) is 2.57. The molecule has 0 heterocycles. The lowest BCUT2D eigenvalue weighted by Crippen LogP contribution is -2.38. The molecular formula is C13H27NO. The molecule has 0 aromatic heterocycles. The van der Waals surface area contributed by atoms with Crippen molar-refractivity contribution in [3.63, 3.8) is 0 Å². The summed E-state index contributed by atoms with van der Waals surface area (Å²) in [5.74, 6) is 0.989. The van der Waals surface area contributed by atoms with E-state index in [9.17, 15) is 0 Å². The largest absolute Gasteiger partial charge is 0.395 e. The van der Waals surface area contributed by atoms with Crippen molar-refractivity contribution >= 4 is 0 Å². The predicted octanol–water partition coefficient (Wildman–Crippen LogP) is 2.71. The average molecular weight is 213 g/mol. The number of hydrogen-bond donors (Lipinski definition) is 2. The fraction of sp³-hybridized carbons (Fsp3) is 1.00. The van der Waals surface area contributed by atoms with Gasteiger partial charge in [-0.25, -0.2) is 0 Å². The van der Waals surface area contributed by atoms with Gasteiger partial charge in [-0.15, -0.1) is 0 Å². The summed E-state index contributed by atoms with van der Waals surface area (Å²) in [5.41, 5.74) is 0. The van der Waals surface area contributed by atoms with Crippen LogP contribution in [0.25, 0.3) is 0 Å². The minimum atomic E-state index is 0.268. The van der Waals surface area contributed by atoms with Gasteiger partial charge in [-0.3, -0.25) is 0 Å². The van der Waals surface area contributed by atoms with E-state index >= 15 is 0 Å². The van der Waals surface area contributed by atoms with E-state index < -0.39 is 0 Å². The van der Waals surface area contributed by atoms with Crippen LogP contribution in [0.15, 0.2) is 0 Å². The third kappa shape index (κ3) is 4.98. The van der Waals surface area contributed by atoms with Crippen molar-refractivity contribution in [2.45, 2.75) is 70.9 Å². The summed E-state index contributed by atoms with van der Waals surface area (Å²) in [6, 6.07) is 0.853. The van der Waals surface area contributed by atoms with Crippen LogP contribution in [0.3, 0.4) is 0 Å². The first kappa shape index (κ1) is 13.0. The van der Waals surface area contributed by atoms with E-state index in [1.807, 2.05) is 0 Å².